The van der Waals surface area contributed by atoms with Crippen LogP contribution in [-0.4, -0.2) is 18.4 Å². The van der Waals surface area contributed by atoms with Crippen LogP contribution in [0.3, 0.4) is 0 Å². The van der Waals surface area contributed by atoms with Crippen LogP contribution < -0.4 is 15.4 Å². The van der Waals surface area contributed by atoms with Crippen molar-refractivity contribution in [3.63, 3.8) is 0 Å². The molecular weight excluding hydrogens is 371 g/mol. The highest BCUT2D eigenvalue weighted by Gasteiger charge is 2.14. The molecule has 0 aromatic heterocycles. The Balaban J connectivity index is 1.75. The molecule has 0 unspecified atom stereocenters. The van der Waals surface area contributed by atoms with E-state index in [0.29, 0.717) is 23.5 Å². The minimum atomic E-state index is -0.605. The summed E-state index contributed by atoms with van der Waals surface area (Å²) in [4.78, 5) is 25.0. The molecule has 0 spiro atoms. The van der Waals surface area contributed by atoms with Gasteiger partial charge in [0.05, 0.1) is 12.2 Å². The molecule has 2 N–H and O–H groups in total. The zero-order valence-electron chi connectivity index (χ0n) is 16.2. The average molecular weight is 392 g/mol. The Bertz CT molecular complexity index is 1030. The number of benzene rings is 3. The Morgan fingerprint density at radius 2 is 1.66 bits per heavy atom. The van der Waals surface area contributed by atoms with Gasteiger partial charge in [-0.15, -0.1) is 0 Å². The summed E-state index contributed by atoms with van der Waals surface area (Å²) in [5.74, 6) is -0.781. The number of amides is 2. The number of hydrogen-bond acceptors (Lipinski definition) is 3. The minimum Gasteiger partial charge on any atom is -0.494 e. The number of hydrogen-bond donors (Lipinski definition) is 2. The van der Waals surface area contributed by atoms with Crippen LogP contribution in [0.25, 0.3) is 0 Å². The van der Waals surface area contributed by atoms with E-state index in [9.17, 15) is 14.0 Å². The second-order valence-electron chi connectivity index (χ2n) is 6.38. The summed E-state index contributed by atoms with van der Waals surface area (Å²) >= 11 is 0. The molecule has 0 atom stereocenters. The molecule has 0 aliphatic rings. The van der Waals surface area contributed by atoms with E-state index in [1.807, 2.05) is 6.92 Å². The van der Waals surface area contributed by atoms with Crippen molar-refractivity contribution in [2.75, 3.05) is 17.2 Å². The van der Waals surface area contributed by atoms with E-state index in [-0.39, 0.29) is 11.5 Å². The molecule has 0 aliphatic heterocycles. The lowest BCUT2D eigenvalue weighted by Crippen LogP contribution is -2.16. The molecule has 6 heteroatoms. The van der Waals surface area contributed by atoms with Crippen LogP contribution in [0.1, 0.15) is 33.2 Å². The average Bonchev–Trinajstić information content (AvgIpc) is 2.71. The molecule has 0 bridgehead atoms. The van der Waals surface area contributed by atoms with E-state index in [1.54, 1.807) is 55.5 Å². The van der Waals surface area contributed by atoms with Crippen LogP contribution in [0.5, 0.6) is 5.75 Å². The van der Waals surface area contributed by atoms with Gasteiger partial charge in [-0.05, 0) is 67.9 Å². The maximum atomic E-state index is 13.8. The van der Waals surface area contributed by atoms with Crippen LogP contribution in [0.2, 0.25) is 0 Å². The normalized spacial score (nSPS) is 10.3. The molecule has 0 heterocycles. The smallest absolute Gasteiger partial charge is 0.258 e. The van der Waals surface area contributed by atoms with Crippen molar-refractivity contribution >= 4 is 23.2 Å². The van der Waals surface area contributed by atoms with Gasteiger partial charge in [0, 0.05) is 16.9 Å². The van der Waals surface area contributed by atoms with Gasteiger partial charge < -0.3 is 15.4 Å². The van der Waals surface area contributed by atoms with Gasteiger partial charge in [-0.25, -0.2) is 4.39 Å². The molecule has 0 aliphatic carbocycles. The van der Waals surface area contributed by atoms with Gasteiger partial charge in [0.15, 0.2) is 0 Å². The second kappa shape index (κ2) is 9.01. The minimum absolute atomic E-state index is 0.0591. The Labute approximate surface area is 168 Å². The van der Waals surface area contributed by atoms with Crippen LogP contribution in [-0.2, 0) is 0 Å². The molecule has 29 heavy (non-hydrogen) atoms. The van der Waals surface area contributed by atoms with Crippen LogP contribution in [0.4, 0.5) is 15.8 Å². The van der Waals surface area contributed by atoms with Gasteiger partial charge in [-0.2, -0.15) is 0 Å². The maximum absolute atomic E-state index is 13.8. The second-order valence-corrected chi connectivity index (χ2v) is 6.38. The van der Waals surface area contributed by atoms with E-state index in [4.69, 9.17) is 4.74 Å². The highest BCUT2D eigenvalue weighted by Crippen LogP contribution is 2.21. The lowest BCUT2D eigenvalue weighted by molar-refractivity contribution is 0.101. The van der Waals surface area contributed by atoms with Gasteiger partial charge in [0.2, 0.25) is 0 Å². The van der Waals surface area contributed by atoms with Gasteiger partial charge in [0.25, 0.3) is 11.8 Å². The largest absolute Gasteiger partial charge is 0.494 e. The number of anilines is 2. The Morgan fingerprint density at radius 1 is 0.931 bits per heavy atom. The van der Waals surface area contributed by atoms with Crippen molar-refractivity contribution < 1.29 is 18.7 Å². The standard InChI is InChI=1S/C23H21FN2O3/c1-3-29-18-12-10-17(11-13-18)25-22(27)16-9-8-15(2)21(14-16)26-23(28)19-6-4-5-7-20(19)24/h4-14H,3H2,1-2H3,(H,25,27)(H,26,28). The van der Waals surface area contributed by atoms with Crippen molar-refractivity contribution in [3.8, 4) is 5.75 Å². The maximum Gasteiger partial charge on any atom is 0.258 e. The van der Waals surface area contributed by atoms with Crippen molar-refractivity contribution in [3.05, 3.63) is 89.2 Å². The molecule has 3 aromatic rings. The van der Waals surface area contributed by atoms with Crippen molar-refractivity contribution in [2.45, 2.75) is 13.8 Å². The molecule has 3 aromatic carbocycles. The fraction of sp³-hybridized carbons (Fsp3) is 0.130. The van der Waals surface area contributed by atoms with Gasteiger partial charge >= 0.3 is 0 Å². The molecule has 0 saturated heterocycles. The first-order valence-corrected chi connectivity index (χ1v) is 9.18. The van der Waals surface area contributed by atoms with Gasteiger partial charge in [0.1, 0.15) is 11.6 Å². The molecular formula is C23H21FN2O3. The van der Waals surface area contributed by atoms with E-state index >= 15 is 0 Å². The summed E-state index contributed by atoms with van der Waals surface area (Å²) in [6.45, 7) is 4.26. The lowest BCUT2D eigenvalue weighted by atomic mass is 10.1. The quantitative estimate of drug-likeness (QED) is 0.618. The van der Waals surface area contributed by atoms with Gasteiger partial charge in [-0.1, -0.05) is 18.2 Å². The first-order valence-electron chi connectivity index (χ1n) is 9.18. The summed E-state index contributed by atoms with van der Waals surface area (Å²) in [7, 11) is 0. The van der Waals surface area contributed by atoms with E-state index in [1.165, 1.54) is 18.2 Å². The van der Waals surface area contributed by atoms with Crippen molar-refractivity contribution in [2.24, 2.45) is 0 Å². The third-order valence-corrected chi connectivity index (χ3v) is 4.29. The summed E-state index contributed by atoms with van der Waals surface area (Å²) in [6.07, 6.45) is 0. The number of nitrogens with one attached hydrogen (secondary N) is 2. The number of aryl methyl sites for hydroxylation is 1. The summed E-state index contributed by atoms with van der Waals surface area (Å²) in [6, 6.07) is 17.7. The molecule has 3 rings (SSSR count). The third kappa shape index (κ3) is 4.99. The van der Waals surface area contributed by atoms with Crippen LogP contribution >= 0.6 is 0 Å². The number of halogens is 1. The Morgan fingerprint density at radius 3 is 2.34 bits per heavy atom. The molecule has 0 radical (unpaired) electrons. The highest BCUT2D eigenvalue weighted by atomic mass is 19.1. The van der Waals surface area contributed by atoms with Gasteiger partial charge in [-0.3, -0.25) is 9.59 Å². The SMILES string of the molecule is CCOc1ccc(NC(=O)c2ccc(C)c(NC(=O)c3ccccc3F)c2)cc1. The first kappa shape index (κ1) is 20.1. The fourth-order valence-electron chi connectivity index (χ4n) is 2.74. The Kier molecular flexibility index (Phi) is 6.24. The van der Waals surface area contributed by atoms with Crippen LogP contribution in [0.15, 0.2) is 66.7 Å². The zero-order valence-corrected chi connectivity index (χ0v) is 16.2. The summed E-state index contributed by atoms with van der Waals surface area (Å²) in [5.41, 5.74) is 2.13. The molecule has 0 fully saturated rings. The van der Waals surface area contributed by atoms with E-state index in [2.05, 4.69) is 10.6 Å². The zero-order chi connectivity index (χ0) is 20.8. The first-order chi connectivity index (χ1) is 14.0. The molecule has 2 amide bonds. The number of carbonyl (C=O) groups is 2. The predicted molar refractivity (Wildman–Crippen MR) is 111 cm³/mol. The molecule has 5 nitrogen and oxygen atoms in total. The van der Waals surface area contributed by atoms with Crippen molar-refractivity contribution in [1.29, 1.82) is 0 Å². The topological polar surface area (TPSA) is 67.4 Å². The predicted octanol–water partition coefficient (Wildman–Crippen LogP) is 5.04. The van der Waals surface area contributed by atoms with E-state index < -0.39 is 11.7 Å². The Hall–Kier alpha value is -3.67. The van der Waals surface area contributed by atoms with E-state index in [0.717, 1.165) is 11.3 Å². The monoisotopic (exact) mass is 392 g/mol. The third-order valence-electron chi connectivity index (χ3n) is 4.29. The van der Waals surface area contributed by atoms with Crippen LogP contribution in [0, 0.1) is 12.7 Å². The highest BCUT2D eigenvalue weighted by molar-refractivity contribution is 6.07. The number of rotatable bonds is 6. The molecule has 0 saturated carbocycles. The van der Waals surface area contributed by atoms with Crippen molar-refractivity contribution in [1.82, 2.24) is 0 Å². The summed E-state index contributed by atoms with van der Waals surface area (Å²) < 4.78 is 19.2. The fourth-order valence-corrected chi connectivity index (χ4v) is 2.74. The lowest BCUT2D eigenvalue weighted by Gasteiger charge is -2.12. The number of carbonyl (C=O) groups excluding carboxylic acids is 2. The number of ether oxygens (including phenoxy) is 1. The summed E-state index contributed by atoms with van der Waals surface area (Å²) in [5, 5.41) is 5.47. The molecule has 148 valence electrons.